The zero-order valence-electron chi connectivity index (χ0n) is 33.1. The first-order valence-corrected chi connectivity index (χ1v) is 19.1. The van der Waals surface area contributed by atoms with E-state index in [2.05, 4.69) is 68.5 Å². The highest BCUT2D eigenvalue weighted by atomic mass is 16.6. The fraction of sp³-hybridized carbons (Fsp3) is 0.489. The molecule has 0 radical (unpaired) electrons. The fourth-order valence-corrected chi connectivity index (χ4v) is 4.56. The number of rotatable bonds is 31. The molecule has 0 aliphatic heterocycles. The molecule has 0 saturated carbocycles. The monoisotopic (exact) mass is 733 g/mol. The smallest absolute Gasteiger partial charge is 0.306 e. The van der Waals surface area contributed by atoms with Crippen molar-refractivity contribution < 1.29 is 38.2 Å². The minimum atomic E-state index is -1.15. The first-order chi connectivity index (χ1) is 25.6. The van der Waals surface area contributed by atoms with Crippen molar-refractivity contribution in [1.29, 1.82) is 0 Å². The number of unbranched alkanes of at least 4 members (excludes halogenated alkanes) is 1. The molecule has 0 bridgehead atoms. The summed E-state index contributed by atoms with van der Waals surface area (Å²) in [6.45, 7) is 4.19. The van der Waals surface area contributed by atoms with Crippen LogP contribution in [0, 0.1) is 0 Å². The van der Waals surface area contributed by atoms with Crippen LogP contribution >= 0.6 is 0 Å². The minimum absolute atomic E-state index is 0.0215. The van der Waals surface area contributed by atoms with Gasteiger partial charge in [-0.2, -0.15) is 0 Å². The van der Waals surface area contributed by atoms with Crippen molar-refractivity contribution in [2.75, 3.05) is 41.0 Å². The number of allylic oxidation sites excluding steroid dienone is 20. The summed E-state index contributed by atoms with van der Waals surface area (Å²) in [6.07, 6.45) is 48.3. The van der Waals surface area contributed by atoms with E-state index in [-0.39, 0.29) is 49.5 Å². The van der Waals surface area contributed by atoms with Gasteiger partial charge in [-0.15, -0.1) is 0 Å². The van der Waals surface area contributed by atoms with Crippen molar-refractivity contribution in [1.82, 2.24) is 0 Å². The van der Waals surface area contributed by atoms with Gasteiger partial charge < -0.3 is 28.6 Å². The van der Waals surface area contributed by atoms with E-state index in [9.17, 15) is 19.5 Å². The number of nitrogens with zero attached hydrogens (tertiary/aromatic N) is 1. The van der Waals surface area contributed by atoms with Gasteiger partial charge in [0, 0.05) is 19.3 Å². The second-order valence-corrected chi connectivity index (χ2v) is 13.2. The van der Waals surface area contributed by atoms with Crippen molar-refractivity contribution in [2.45, 2.75) is 103 Å². The molecular formula is C45H67NO7. The quantitative estimate of drug-likeness (QED) is 0.0231. The molecule has 0 aromatic heterocycles. The lowest BCUT2D eigenvalue weighted by molar-refractivity contribution is -0.889. The maximum absolute atomic E-state index is 12.6. The molecule has 0 fully saturated rings. The SMILES string of the molecule is CC/C=C/C=C/C=C/C=C/C=C/CCCC(=O)OCC(COCCC(C(=O)[O-])[N+](C)(C)C)OC(=O)CC/C=C/C/C=C/C/C=C/C/C=C/C/C=C/CC. The number of carbonyl (C=O) groups excluding carboxylic acids is 3. The third-order valence-electron chi connectivity index (χ3n) is 7.48. The van der Waals surface area contributed by atoms with Crippen LogP contribution in [-0.2, 0) is 28.6 Å². The third-order valence-corrected chi connectivity index (χ3v) is 7.48. The summed E-state index contributed by atoms with van der Waals surface area (Å²) in [6, 6.07) is -0.756. The van der Waals surface area contributed by atoms with Crippen molar-refractivity contribution >= 4 is 17.9 Å². The van der Waals surface area contributed by atoms with Crippen LogP contribution in [0.1, 0.15) is 90.9 Å². The van der Waals surface area contributed by atoms with E-state index >= 15 is 0 Å². The molecule has 0 aliphatic rings. The predicted octanol–water partition coefficient (Wildman–Crippen LogP) is 8.57. The van der Waals surface area contributed by atoms with E-state index in [0.29, 0.717) is 19.3 Å². The minimum Gasteiger partial charge on any atom is -0.544 e. The van der Waals surface area contributed by atoms with Crippen LogP contribution in [0.4, 0.5) is 0 Å². The molecule has 0 N–H and O–H groups in total. The number of carboxylic acids is 1. The standard InChI is InChI=1S/C45H67NO7/c1-6-8-10-12-14-16-18-20-21-22-24-26-28-30-32-34-36-44(48)53-41(39-51-38-37-42(45(49)50)46(3,4)5)40-52-43(47)35-33-31-29-27-25-23-19-17-15-13-11-9-7-2/h8-11,13-17,19-21,23-27,29-30,32,41-42H,6-7,12,18,22,28,31,33-40H2,1-5H3/b10-8+,11-9+,15-13+,16-14+,19-17+,21-20+,25-23+,26-24+,29-27+,32-30+. The van der Waals surface area contributed by atoms with Gasteiger partial charge in [0.1, 0.15) is 12.6 Å². The molecule has 0 aromatic carbocycles. The Balaban J connectivity index is 4.70. The molecule has 0 amide bonds. The van der Waals surface area contributed by atoms with E-state index in [0.717, 1.165) is 38.5 Å². The number of carbonyl (C=O) groups is 3. The van der Waals surface area contributed by atoms with Gasteiger partial charge in [-0.1, -0.05) is 135 Å². The molecular weight excluding hydrogens is 666 g/mol. The largest absolute Gasteiger partial charge is 0.544 e. The highest BCUT2D eigenvalue weighted by molar-refractivity contribution is 5.70. The Kier molecular flexibility index (Phi) is 32.0. The van der Waals surface area contributed by atoms with Gasteiger partial charge in [0.25, 0.3) is 0 Å². The number of esters is 2. The van der Waals surface area contributed by atoms with Gasteiger partial charge in [0.05, 0.1) is 40.3 Å². The summed E-state index contributed by atoms with van der Waals surface area (Å²) in [5.74, 6) is -1.96. The van der Waals surface area contributed by atoms with Crippen LogP contribution in [0.15, 0.2) is 122 Å². The van der Waals surface area contributed by atoms with Gasteiger partial charge in [0.15, 0.2) is 6.10 Å². The third kappa shape index (κ3) is 33.3. The molecule has 0 rings (SSSR count). The van der Waals surface area contributed by atoms with Crippen molar-refractivity contribution in [3.8, 4) is 0 Å². The van der Waals surface area contributed by atoms with Gasteiger partial charge in [0.2, 0.25) is 0 Å². The topological polar surface area (TPSA) is 102 Å². The number of likely N-dealkylation sites (N-methyl/N-ethyl adjacent to an activating group) is 1. The van der Waals surface area contributed by atoms with Gasteiger partial charge >= 0.3 is 11.9 Å². The number of quaternary nitrogens is 1. The maximum atomic E-state index is 12.6. The van der Waals surface area contributed by atoms with Crippen molar-refractivity contribution in [3.05, 3.63) is 122 Å². The molecule has 53 heavy (non-hydrogen) atoms. The van der Waals surface area contributed by atoms with Crippen LogP contribution in [0.25, 0.3) is 0 Å². The second-order valence-electron chi connectivity index (χ2n) is 13.2. The number of ether oxygens (including phenoxy) is 3. The lowest BCUT2D eigenvalue weighted by Crippen LogP contribution is -2.55. The first-order valence-electron chi connectivity index (χ1n) is 19.1. The van der Waals surface area contributed by atoms with Crippen molar-refractivity contribution in [2.24, 2.45) is 0 Å². The molecule has 8 nitrogen and oxygen atoms in total. The van der Waals surface area contributed by atoms with Gasteiger partial charge in [-0.3, -0.25) is 9.59 Å². The Labute approximate surface area is 320 Å². The predicted molar refractivity (Wildman–Crippen MR) is 217 cm³/mol. The van der Waals surface area contributed by atoms with E-state index < -0.39 is 24.1 Å². The molecule has 0 aromatic rings. The number of hydrogen-bond acceptors (Lipinski definition) is 7. The molecule has 0 spiro atoms. The highest BCUT2D eigenvalue weighted by Crippen LogP contribution is 2.09. The Morgan fingerprint density at radius 1 is 0.585 bits per heavy atom. The second kappa shape index (κ2) is 34.8. The Morgan fingerprint density at radius 2 is 1.09 bits per heavy atom. The molecule has 2 unspecified atom stereocenters. The van der Waals surface area contributed by atoms with E-state index in [1.54, 1.807) is 21.1 Å². The van der Waals surface area contributed by atoms with Gasteiger partial charge in [-0.05, 0) is 57.8 Å². The molecule has 2 atom stereocenters. The lowest BCUT2D eigenvalue weighted by atomic mass is 10.1. The summed E-state index contributed by atoms with van der Waals surface area (Å²) in [7, 11) is 5.33. The Bertz CT molecular complexity index is 1270. The Morgan fingerprint density at radius 3 is 1.62 bits per heavy atom. The normalized spacial score (nSPS) is 14.4. The van der Waals surface area contributed by atoms with E-state index in [1.165, 1.54) is 0 Å². The van der Waals surface area contributed by atoms with Crippen LogP contribution in [0.3, 0.4) is 0 Å². The fourth-order valence-electron chi connectivity index (χ4n) is 4.56. The number of carboxylic acid groups (broad SMARTS) is 1. The number of aliphatic carboxylic acids is 1. The maximum Gasteiger partial charge on any atom is 0.306 e. The summed E-state index contributed by atoms with van der Waals surface area (Å²) < 4.78 is 16.9. The average Bonchev–Trinajstić information content (AvgIpc) is 3.11. The summed E-state index contributed by atoms with van der Waals surface area (Å²) in [4.78, 5) is 36.6. The Hall–Kier alpha value is -4.27. The summed E-state index contributed by atoms with van der Waals surface area (Å²) in [5, 5.41) is 11.6. The molecule has 294 valence electrons. The van der Waals surface area contributed by atoms with Crippen LogP contribution in [-0.4, -0.2) is 75.5 Å². The number of hydrogen-bond donors (Lipinski definition) is 0. The zero-order chi connectivity index (χ0) is 39.3. The molecule has 8 heteroatoms. The molecule has 0 saturated heterocycles. The average molecular weight is 734 g/mol. The summed E-state index contributed by atoms with van der Waals surface area (Å²) in [5.41, 5.74) is 0. The summed E-state index contributed by atoms with van der Waals surface area (Å²) >= 11 is 0. The lowest BCUT2D eigenvalue weighted by Gasteiger charge is -2.34. The van der Waals surface area contributed by atoms with Crippen molar-refractivity contribution in [3.63, 3.8) is 0 Å². The molecule has 0 heterocycles. The zero-order valence-corrected chi connectivity index (χ0v) is 33.1. The highest BCUT2D eigenvalue weighted by Gasteiger charge is 2.25. The van der Waals surface area contributed by atoms with E-state index in [1.807, 2.05) is 66.8 Å². The molecule has 0 aliphatic carbocycles. The van der Waals surface area contributed by atoms with Crippen LogP contribution in [0.2, 0.25) is 0 Å². The van der Waals surface area contributed by atoms with Crippen LogP contribution < -0.4 is 5.11 Å². The van der Waals surface area contributed by atoms with Crippen LogP contribution in [0.5, 0.6) is 0 Å². The first kappa shape index (κ1) is 48.7. The van der Waals surface area contributed by atoms with E-state index in [4.69, 9.17) is 14.2 Å². The van der Waals surface area contributed by atoms with Gasteiger partial charge in [-0.25, -0.2) is 0 Å².